The van der Waals surface area contributed by atoms with Crippen LogP contribution >= 0.6 is 0 Å². The van der Waals surface area contributed by atoms with E-state index in [0.717, 1.165) is 18.1 Å². The zero-order chi connectivity index (χ0) is 17.1. The average Bonchev–Trinajstić information content (AvgIpc) is 3.03. The Morgan fingerprint density at radius 1 is 1.17 bits per heavy atom. The minimum absolute atomic E-state index is 0.0368. The van der Waals surface area contributed by atoms with Crippen LogP contribution in [0.4, 0.5) is 13.2 Å². The predicted octanol–water partition coefficient (Wildman–Crippen LogP) is 3.14. The molecule has 0 radical (unpaired) electrons. The third-order valence-electron chi connectivity index (χ3n) is 3.93. The van der Waals surface area contributed by atoms with Crippen molar-refractivity contribution in [2.24, 2.45) is 0 Å². The van der Waals surface area contributed by atoms with Crippen molar-refractivity contribution in [3.8, 4) is 5.69 Å². The molecule has 0 aliphatic rings. The molecule has 0 aliphatic carbocycles. The van der Waals surface area contributed by atoms with E-state index < -0.39 is 11.9 Å². The summed E-state index contributed by atoms with van der Waals surface area (Å²) in [5.74, 6) is 0. The lowest BCUT2D eigenvalue weighted by Gasteiger charge is -2.27. The quantitative estimate of drug-likeness (QED) is 0.857. The van der Waals surface area contributed by atoms with Gasteiger partial charge in [-0.3, -0.25) is 0 Å². The normalized spacial score (nSPS) is 14.7. The molecular formula is C16H20F3N3O. The van der Waals surface area contributed by atoms with E-state index >= 15 is 0 Å². The fourth-order valence-electron chi connectivity index (χ4n) is 1.99. The number of nitrogens with one attached hydrogen (secondary N) is 1. The van der Waals surface area contributed by atoms with Gasteiger partial charge < -0.3 is 10.4 Å². The molecule has 1 aromatic carbocycles. The van der Waals surface area contributed by atoms with Gasteiger partial charge in [0.1, 0.15) is 0 Å². The van der Waals surface area contributed by atoms with Crippen LogP contribution in [0.15, 0.2) is 36.5 Å². The number of aliphatic hydroxyl groups is 1. The lowest BCUT2D eigenvalue weighted by Crippen LogP contribution is -2.44. The molecule has 0 fully saturated rings. The van der Waals surface area contributed by atoms with Gasteiger partial charge in [-0.1, -0.05) is 19.1 Å². The van der Waals surface area contributed by atoms with E-state index in [0.29, 0.717) is 12.2 Å². The fourth-order valence-corrected chi connectivity index (χ4v) is 1.99. The molecule has 1 unspecified atom stereocenters. The third-order valence-corrected chi connectivity index (χ3v) is 3.93. The van der Waals surface area contributed by atoms with Gasteiger partial charge in [0.25, 0.3) is 0 Å². The molecule has 2 aromatic rings. The van der Waals surface area contributed by atoms with Crippen molar-refractivity contribution >= 4 is 0 Å². The van der Waals surface area contributed by atoms with Crippen LogP contribution in [-0.4, -0.2) is 27.0 Å². The number of aromatic nitrogens is 2. The largest absolute Gasteiger partial charge is 0.435 e. The number of nitrogens with zero attached hydrogens (tertiary/aromatic N) is 2. The summed E-state index contributed by atoms with van der Waals surface area (Å²) < 4.78 is 38.9. The van der Waals surface area contributed by atoms with Crippen LogP contribution in [0.2, 0.25) is 0 Å². The van der Waals surface area contributed by atoms with Crippen molar-refractivity contribution in [1.29, 1.82) is 0 Å². The molecule has 1 atom stereocenters. The van der Waals surface area contributed by atoms with Gasteiger partial charge in [0.15, 0.2) is 5.69 Å². The molecule has 0 amide bonds. The van der Waals surface area contributed by atoms with Crippen molar-refractivity contribution < 1.29 is 18.3 Å². The van der Waals surface area contributed by atoms with Gasteiger partial charge >= 0.3 is 6.18 Å². The topological polar surface area (TPSA) is 50.1 Å². The third kappa shape index (κ3) is 4.33. The Morgan fingerprint density at radius 2 is 1.83 bits per heavy atom. The molecule has 2 N–H and O–H groups in total. The van der Waals surface area contributed by atoms with E-state index in [4.69, 9.17) is 0 Å². The lowest BCUT2D eigenvalue weighted by molar-refractivity contribution is -0.141. The van der Waals surface area contributed by atoms with Crippen LogP contribution < -0.4 is 5.32 Å². The van der Waals surface area contributed by atoms with E-state index in [9.17, 15) is 18.3 Å². The number of aliphatic hydroxyl groups excluding tert-OH is 1. The van der Waals surface area contributed by atoms with Crippen LogP contribution in [0.25, 0.3) is 5.69 Å². The van der Waals surface area contributed by atoms with Gasteiger partial charge in [0, 0.05) is 18.3 Å². The second-order valence-corrected chi connectivity index (χ2v) is 5.74. The number of benzene rings is 1. The fraction of sp³-hybridized carbons (Fsp3) is 0.438. The van der Waals surface area contributed by atoms with E-state index in [1.807, 2.05) is 26.0 Å². The highest BCUT2D eigenvalue weighted by molar-refractivity contribution is 5.34. The predicted molar refractivity (Wildman–Crippen MR) is 81.2 cm³/mol. The van der Waals surface area contributed by atoms with Crippen molar-refractivity contribution in [3.05, 3.63) is 47.8 Å². The minimum Gasteiger partial charge on any atom is -0.394 e. The highest BCUT2D eigenvalue weighted by Crippen LogP contribution is 2.27. The molecule has 2 rings (SSSR count). The first-order chi connectivity index (χ1) is 10.8. The molecular weight excluding hydrogens is 307 g/mol. The SMILES string of the molecule is CCC(C)(CO)NCc1ccc(-n2ccc(C(F)(F)F)n2)cc1. The second-order valence-electron chi connectivity index (χ2n) is 5.74. The minimum atomic E-state index is -4.44. The maximum absolute atomic E-state index is 12.6. The molecule has 7 heteroatoms. The Hall–Kier alpha value is -1.86. The number of alkyl halides is 3. The molecule has 0 bridgehead atoms. The van der Waals surface area contributed by atoms with E-state index in [-0.39, 0.29) is 12.1 Å². The van der Waals surface area contributed by atoms with Gasteiger partial charge in [0.05, 0.1) is 12.3 Å². The van der Waals surface area contributed by atoms with Crippen molar-refractivity contribution in [3.63, 3.8) is 0 Å². The first kappa shape index (κ1) is 17.5. The zero-order valence-electron chi connectivity index (χ0n) is 13.1. The van der Waals surface area contributed by atoms with Crippen LogP contribution in [0.1, 0.15) is 31.5 Å². The summed E-state index contributed by atoms with van der Waals surface area (Å²) in [7, 11) is 0. The van der Waals surface area contributed by atoms with E-state index in [1.54, 1.807) is 12.1 Å². The summed E-state index contributed by atoms with van der Waals surface area (Å²) in [6.07, 6.45) is -2.37. The number of rotatable bonds is 6. The standard InChI is InChI=1S/C16H20F3N3O/c1-3-15(2,11-23)20-10-12-4-6-13(7-5-12)22-9-8-14(21-22)16(17,18)19/h4-9,20,23H,3,10-11H2,1-2H3. The van der Waals surface area contributed by atoms with Gasteiger partial charge in [-0.15, -0.1) is 0 Å². The first-order valence-electron chi connectivity index (χ1n) is 7.35. The lowest BCUT2D eigenvalue weighted by atomic mass is 10.00. The van der Waals surface area contributed by atoms with Crippen molar-refractivity contribution in [2.45, 2.75) is 38.5 Å². The number of hydrogen-bond acceptors (Lipinski definition) is 3. The van der Waals surface area contributed by atoms with Gasteiger partial charge in [-0.25, -0.2) is 4.68 Å². The Morgan fingerprint density at radius 3 is 2.30 bits per heavy atom. The van der Waals surface area contributed by atoms with Crippen LogP contribution in [0.5, 0.6) is 0 Å². The summed E-state index contributed by atoms with van der Waals surface area (Å²) in [5, 5.41) is 16.2. The van der Waals surface area contributed by atoms with Crippen molar-refractivity contribution in [1.82, 2.24) is 15.1 Å². The Labute approximate surface area is 132 Å². The molecule has 126 valence electrons. The summed E-state index contributed by atoms with van der Waals surface area (Å²) >= 11 is 0. The summed E-state index contributed by atoms with van der Waals surface area (Å²) in [4.78, 5) is 0. The zero-order valence-corrected chi connectivity index (χ0v) is 13.1. The van der Waals surface area contributed by atoms with E-state index in [2.05, 4.69) is 10.4 Å². The van der Waals surface area contributed by atoms with Crippen LogP contribution in [0.3, 0.4) is 0 Å². The maximum Gasteiger partial charge on any atom is 0.435 e. The molecule has 1 heterocycles. The van der Waals surface area contributed by atoms with Gasteiger partial charge in [0.2, 0.25) is 0 Å². The van der Waals surface area contributed by atoms with E-state index in [1.165, 1.54) is 10.9 Å². The molecule has 0 spiro atoms. The molecule has 0 saturated carbocycles. The molecule has 1 aromatic heterocycles. The Balaban J connectivity index is 2.06. The Kier molecular flexibility index (Phi) is 5.11. The van der Waals surface area contributed by atoms with Gasteiger partial charge in [-0.05, 0) is 37.1 Å². The first-order valence-corrected chi connectivity index (χ1v) is 7.35. The summed E-state index contributed by atoms with van der Waals surface area (Å²) in [6.45, 7) is 4.53. The number of halogens is 3. The smallest absolute Gasteiger partial charge is 0.394 e. The molecule has 23 heavy (non-hydrogen) atoms. The Bertz CT molecular complexity index is 631. The molecule has 0 saturated heterocycles. The summed E-state index contributed by atoms with van der Waals surface area (Å²) in [5.41, 5.74) is 0.280. The highest BCUT2D eigenvalue weighted by atomic mass is 19.4. The van der Waals surface area contributed by atoms with Crippen molar-refractivity contribution in [2.75, 3.05) is 6.61 Å². The summed E-state index contributed by atoms with van der Waals surface area (Å²) in [6, 6.07) is 8.03. The van der Waals surface area contributed by atoms with Gasteiger partial charge in [-0.2, -0.15) is 18.3 Å². The average molecular weight is 327 g/mol. The maximum atomic E-state index is 12.6. The number of hydrogen-bond donors (Lipinski definition) is 2. The second kappa shape index (κ2) is 6.72. The highest BCUT2D eigenvalue weighted by Gasteiger charge is 2.33. The molecule has 4 nitrogen and oxygen atoms in total. The molecule has 0 aliphatic heterocycles. The van der Waals surface area contributed by atoms with Crippen LogP contribution in [0, 0.1) is 0 Å². The monoisotopic (exact) mass is 327 g/mol. The van der Waals surface area contributed by atoms with Crippen LogP contribution in [-0.2, 0) is 12.7 Å².